The van der Waals surface area contributed by atoms with Gasteiger partial charge in [-0.3, -0.25) is 4.72 Å². The number of hydrogen-bond acceptors (Lipinski definition) is 3. The molecule has 2 aromatic carbocycles. The van der Waals surface area contributed by atoms with Crippen LogP contribution in [0.4, 0.5) is 5.69 Å². The molecule has 0 aliphatic carbocycles. The lowest BCUT2D eigenvalue weighted by Crippen LogP contribution is -2.18. The Morgan fingerprint density at radius 3 is 1.92 bits per heavy atom. The topological polar surface area (TPSA) is 83.5 Å². The zero-order chi connectivity index (χ0) is 18.2. The minimum atomic E-state index is -3.82. The molecule has 2 aromatic rings. The van der Waals surface area contributed by atoms with Crippen molar-refractivity contribution in [1.82, 2.24) is 0 Å². The molecule has 128 valence electrons. The summed E-state index contributed by atoms with van der Waals surface area (Å²) in [6, 6.07) is 5.75. The molecule has 6 heteroatoms. The number of carbonyl (C=O) groups is 1. The molecule has 0 atom stereocenters. The number of anilines is 1. The number of carboxylic acids is 1. The van der Waals surface area contributed by atoms with Gasteiger partial charge in [0.1, 0.15) is 0 Å². The number of aromatic carboxylic acids is 1. The average molecular weight is 347 g/mol. The maximum absolute atomic E-state index is 12.9. The second-order valence-electron chi connectivity index (χ2n) is 5.95. The van der Waals surface area contributed by atoms with Gasteiger partial charge in [-0.05, 0) is 80.6 Å². The maximum atomic E-state index is 12.9. The third-order valence-electron chi connectivity index (χ3n) is 4.56. The molecule has 0 fully saturated rings. The van der Waals surface area contributed by atoms with E-state index >= 15 is 0 Å². The molecule has 24 heavy (non-hydrogen) atoms. The van der Waals surface area contributed by atoms with Crippen LogP contribution in [-0.4, -0.2) is 19.5 Å². The number of sulfonamides is 1. The lowest BCUT2D eigenvalue weighted by molar-refractivity contribution is 0.0697. The number of carboxylic acid groups (broad SMARTS) is 1. The normalized spacial score (nSPS) is 11.4. The highest BCUT2D eigenvalue weighted by Gasteiger charge is 2.24. The second-order valence-corrected chi connectivity index (χ2v) is 7.56. The molecule has 2 N–H and O–H groups in total. The summed E-state index contributed by atoms with van der Waals surface area (Å²) in [5, 5.41) is 9.04. The quantitative estimate of drug-likeness (QED) is 0.883. The Labute approximate surface area is 142 Å². The molecular weight excluding hydrogens is 326 g/mol. The van der Waals surface area contributed by atoms with Crippen molar-refractivity contribution in [3.05, 3.63) is 57.6 Å². The van der Waals surface area contributed by atoms with Crippen LogP contribution in [0.3, 0.4) is 0 Å². The van der Waals surface area contributed by atoms with Gasteiger partial charge in [-0.2, -0.15) is 0 Å². The van der Waals surface area contributed by atoms with Crippen LogP contribution in [-0.2, 0) is 10.0 Å². The fourth-order valence-electron chi connectivity index (χ4n) is 2.79. The van der Waals surface area contributed by atoms with Gasteiger partial charge >= 0.3 is 5.97 Å². The first-order valence-electron chi connectivity index (χ1n) is 7.49. The first-order valence-corrected chi connectivity index (χ1v) is 8.97. The molecule has 5 nitrogen and oxygen atoms in total. The predicted molar refractivity (Wildman–Crippen MR) is 94.3 cm³/mol. The highest BCUT2D eigenvalue weighted by atomic mass is 32.2. The van der Waals surface area contributed by atoms with E-state index in [1.807, 2.05) is 20.8 Å². The van der Waals surface area contributed by atoms with Gasteiger partial charge < -0.3 is 5.11 Å². The van der Waals surface area contributed by atoms with E-state index in [4.69, 9.17) is 5.11 Å². The van der Waals surface area contributed by atoms with Gasteiger partial charge in [0.05, 0.1) is 10.5 Å². The number of benzene rings is 2. The fourth-order valence-corrected chi connectivity index (χ4v) is 4.44. The number of rotatable bonds is 4. The monoisotopic (exact) mass is 347 g/mol. The third-order valence-corrected chi connectivity index (χ3v) is 6.22. The zero-order valence-electron chi connectivity index (χ0n) is 14.4. The highest BCUT2D eigenvalue weighted by Crippen LogP contribution is 2.30. The predicted octanol–water partition coefficient (Wildman–Crippen LogP) is 3.73. The lowest BCUT2D eigenvalue weighted by atomic mass is 9.95. The van der Waals surface area contributed by atoms with Gasteiger partial charge in [-0.15, -0.1) is 0 Å². The van der Waals surface area contributed by atoms with E-state index in [0.29, 0.717) is 11.1 Å². The smallest absolute Gasteiger partial charge is 0.335 e. The molecule has 0 saturated heterocycles. The van der Waals surface area contributed by atoms with Crippen LogP contribution in [0.25, 0.3) is 0 Å². The largest absolute Gasteiger partial charge is 0.478 e. The maximum Gasteiger partial charge on any atom is 0.335 e. The van der Waals surface area contributed by atoms with E-state index in [9.17, 15) is 13.2 Å². The van der Waals surface area contributed by atoms with E-state index in [2.05, 4.69) is 4.72 Å². The Morgan fingerprint density at radius 2 is 1.42 bits per heavy atom. The molecule has 0 unspecified atom stereocenters. The lowest BCUT2D eigenvalue weighted by Gasteiger charge is -2.19. The van der Waals surface area contributed by atoms with Crippen molar-refractivity contribution in [3.8, 4) is 0 Å². The Bertz CT molecular complexity index is 901. The first-order chi connectivity index (χ1) is 11.1. The Hall–Kier alpha value is -2.34. The van der Waals surface area contributed by atoms with Gasteiger partial charge in [-0.25, -0.2) is 13.2 Å². The van der Waals surface area contributed by atoms with Crippen LogP contribution in [0.2, 0.25) is 0 Å². The number of hydrogen-bond donors (Lipinski definition) is 2. The summed E-state index contributed by atoms with van der Waals surface area (Å²) in [5.74, 6) is -1.11. The molecular formula is C18H21NO4S. The van der Waals surface area contributed by atoms with Crippen molar-refractivity contribution < 1.29 is 18.3 Å². The van der Waals surface area contributed by atoms with Crippen LogP contribution in [0.15, 0.2) is 29.2 Å². The van der Waals surface area contributed by atoms with E-state index in [0.717, 1.165) is 16.7 Å². The molecule has 2 rings (SSSR count). The molecule has 0 aliphatic heterocycles. The summed E-state index contributed by atoms with van der Waals surface area (Å²) in [6.45, 7) is 9.36. The van der Waals surface area contributed by atoms with Crippen molar-refractivity contribution in [3.63, 3.8) is 0 Å². The Kier molecular flexibility index (Phi) is 4.71. The minimum Gasteiger partial charge on any atom is -0.478 e. The van der Waals surface area contributed by atoms with E-state index in [1.165, 1.54) is 24.3 Å². The molecule has 0 saturated carbocycles. The van der Waals surface area contributed by atoms with Crippen molar-refractivity contribution >= 4 is 21.7 Å². The van der Waals surface area contributed by atoms with Crippen molar-refractivity contribution in [2.45, 2.75) is 39.5 Å². The molecule has 0 radical (unpaired) electrons. The summed E-state index contributed by atoms with van der Waals surface area (Å²) >= 11 is 0. The van der Waals surface area contributed by atoms with Crippen molar-refractivity contribution in [1.29, 1.82) is 0 Å². The standard InChI is InChI=1S/C18H21NO4S/c1-10-11(2)13(4)17(14(5)12(10)3)24(22,23)19-16-8-6-7-15(9-16)18(20)21/h6-9,19H,1-5H3,(H,20,21). The molecule has 0 spiro atoms. The summed E-state index contributed by atoms with van der Waals surface area (Å²) in [7, 11) is -3.82. The zero-order valence-corrected chi connectivity index (χ0v) is 15.2. The SMILES string of the molecule is Cc1c(C)c(C)c(S(=O)(=O)Nc2cccc(C(=O)O)c2)c(C)c1C. The third kappa shape index (κ3) is 3.14. The van der Waals surface area contributed by atoms with Crippen molar-refractivity contribution in [2.24, 2.45) is 0 Å². The van der Waals surface area contributed by atoms with Crippen LogP contribution in [0.5, 0.6) is 0 Å². The summed E-state index contributed by atoms with van der Waals surface area (Å²) in [6.07, 6.45) is 0. The van der Waals surface area contributed by atoms with Crippen LogP contribution >= 0.6 is 0 Å². The molecule has 0 aromatic heterocycles. The van der Waals surface area contributed by atoms with Crippen LogP contribution < -0.4 is 4.72 Å². The highest BCUT2D eigenvalue weighted by molar-refractivity contribution is 7.92. The first kappa shape index (κ1) is 18.0. The van der Waals surface area contributed by atoms with Gasteiger partial charge in [0, 0.05) is 5.69 Å². The Balaban J connectivity index is 2.57. The van der Waals surface area contributed by atoms with Gasteiger partial charge in [0.2, 0.25) is 0 Å². The van der Waals surface area contributed by atoms with Crippen LogP contribution in [0, 0.1) is 34.6 Å². The van der Waals surface area contributed by atoms with Gasteiger partial charge in [-0.1, -0.05) is 6.07 Å². The molecule has 0 amide bonds. The summed E-state index contributed by atoms with van der Waals surface area (Å²) < 4.78 is 28.3. The van der Waals surface area contributed by atoms with Crippen molar-refractivity contribution in [2.75, 3.05) is 4.72 Å². The fraction of sp³-hybridized carbons (Fsp3) is 0.278. The van der Waals surface area contributed by atoms with E-state index < -0.39 is 16.0 Å². The average Bonchev–Trinajstić information content (AvgIpc) is 2.50. The van der Waals surface area contributed by atoms with Gasteiger partial charge in [0.15, 0.2) is 0 Å². The van der Waals surface area contributed by atoms with E-state index in [-0.39, 0.29) is 16.1 Å². The van der Waals surface area contributed by atoms with Gasteiger partial charge in [0.25, 0.3) is 10.0 Å². The molecule has 0 bridgehead atoms. The molecule has 0 heterocycles. The number of nitrogens with one attached hydrogen (secondary N) is 1. The minimum absolute atomic E-state index is 0.0277. The molecule has 0 aliphatic rings. The summed E-state index contributed by atoms with van der Waals surface area (Å²) in [4.78, 5) is 11.3. The Morgan fingerprint density at radius 1 is 0.917 bits per heavy atom. The second kappa shape index (κ2) is 6.28. The summed E-state index contributed by atoms with van der Waals surface area (Å²) in [5.41, 5.74) is 4.63. The van der Waals surface area contributed by atoms with E-state index in [1.54, 1.807) is 13.8 Å². The van der Waals surface area contributed by atoms with Crippen LogP contribution in [0.1, 0.15) is 38.2 Å².